The largest absolute Gasteiger partial charge is 0.489 e. The highest BCUT2D eigenvalue weighted by atomic mass is 35.5. The SMILES string of the molecule is CCCc1onc(CCc2c(Cl)cccc2Cl)c1COc1ccc(-c2ccc3c(C(=O)O)cccc3c2)cc1. The van der Waals surface area contributed by atoms with Gasteiger partial charge in [0.05, 0.1) is 16.8 Å². The first-order valence-corrected chi connectivity index (χ1v) is 13.6. The van der Waals surface area contributed by atoms with Crippen molar-refractivity contribution < 1.29 is 19.2 Å². The van der Waals surface area contributed by atoms with Gasteiger partial charge in [0, 0.05) is 16.5 Å². The van der Waals surface area contributed by atoms with Crippen LogP contribution in [0.2, 0.25) is 10.0 Å². The van der Waals surface area contributed by atoms with E-state index in [-0.39, 0.29) is 0 Å². The molecule has 39 heavy (non-hydrogen) atoms. The van der Waals surface area contributed by atoms with Crippen LogP contribution in [0.3, 0.4) is 0 Å². The van der Waals surface area contributed by atoms with E-state index in [1.807, 2.05) is 66.7 Å². The lowest BCUT2D eigenvalue weighted by atomic mass is 9.98. The fourth-order valence-electron chi connectivity index (χ4n) is 4.73. The molecule has 0 radical (unpaired) electrons. The summed E-state index contributed by atoms with van der Waals surface area (Å²) in [6, 6.07) is 24.5. The summed E-state index contributed by atoms with van der Waals surface area (Å²) in [5.74, 6) is 0.642. The molecule has 0 atom stereocenters. The molecule has 0 fully saturated rings. The maximum atomic E-state index is 11.5. The molecule has 5 aromatic rings. The molecule has 5 rings (SSSR count). The lowest BCUT2D eigenvalue weighted by Crippen LogP contribution is -2.03. The maximum Gasteiger partial charge on any atom is 0.336 e. The van der Waals surface area contributed by atoms with Gasteiger partial charge in [-0.05, 0) is 83.1 Å². The minimum Gasteiger partial charge on any atom is -0.489 e. The predicted molar refractivity (Wildman–Crippen MR) is 155 cm³/mol. The number of hydrogen-bond acceptors (Lipinski definition) is 4. The van der Waals surface area contributed by atoms with E-state index in [1.165, 1.54) is 0 Å². The molecular formula is C32H27Cl2NO4. The second-order valence-electron chi connectivity index (χ2n) is 9.34. The molecule has 1 heterocycles. The highest BCUT2D eigenvalue weighted by Crippen LogP contribution is 2.30. The van der Waals surface area contributed by atoms with Crippen molar-refractivity contribution >= 4 is 39.9 Å². The summed E-state index contributed by atoms with van der Waals surface area (Å²) in [6.07, 6.45) is 3.01. The molecule has 5 nitrogen and oxygen atoms in total. The zero-order valence-corrected chi connectivity index (χ0v) is 22.9. The van der Waals surface area contributed by atoms with Gasteiger partial charge >= 0.3 is 5.97 Å². The van der Waals surface area contributed by atoms with Crippen LogP contribution >= 0.6 is 23.2 Å². The van der Waals surface area contributed by atoms with Gasteiger partial charge in [0.1, 0.15) is 18.1 Å². The maximum absolute atomic E-state index is 11.5. The van der Waals surface area contributed by atoms with Gasteiger partial charge in [-0.15, -0.1) is 0 Å². The Hall–Kier alpha value is -3.80. The molecule has 0 bridgehead atoms. The van der Waals surface area contributed by atoms with Crippen LogP contribution in [0.1, 0.15) is 46.3 Å². The lowest BCUT2D eigenvalue weighted by molar-refractivity contribution is 0.0699. The number of aromatic carboxylic acids is 1. The smallest absolute Gasteiger partial charge is 0.336 e. The van der Waals surface area contributed by atoms with Crippen LogP contribution in [-0.2, 0) is 25.9 Å². The van der Waals surface area contributed by atoms with Gasteiger partial charge in [-0.3, -0.25) is 0 Å². The number of hydrogen-bond donors (Lipinski definition) is 1. The molecule has 198 valence electrons. The highest BCUT2D eigenvalue weighted by Gasteiger charge is 2.18. The first kappa shape index (κ1) is 26.8. The molecule has 0 saturated carbocycles. The Kier molecular flexibility index (Phi) is 8.20. The van der Waals surface area contributed by atoms with Crippen LogP contribution < -0.4 is 4.74 Å². The second-order valence-corrected chi connectivity index (χ2v) is 10.2. The Labute approximate surface area is 236 Å². The fraction of sp³-hybridized carbons (Fsp3) is 0.188. The molecule has 4 aromatic carbocycles. The highest BCUT2D eigenvalue weighted by molar-refractivity contribution is 6.36. The van der Waals surface area contributed by atoms with Crippen LogP contribution in [0.25, 0.3) is 21.9 Å². The monoisotopic (exact) mass is 559 g/mol. The zero-order valence-electron chi connectivity index (χ0n) is 21.4. The van der Waals surface area contributed by atoms with Gasteiger partial charge in [-0.1, -0.05) is 77.7 Å². The van der Waals surface area contributed by atoms with E-state index in [4.69, 9.17) is 32.5 Å². The number of aromatic nitrogens is 1. The Morgan fingerprint density at radius 2 is 1.59 bits per heavy atom. The molecule has 7 heteroatoms. The van der Waals surface area contributed by atoms with E-state index in [0.29, 0.717) is 35.1 Å². The number of carboxylic acid groups (broad SMARTS) is 1. The molecule has 1 aromatic heterocycles. The van der Waals surface area contributed by atoms with E-state index in [0.717, 1.165) is 63.1 Å². The summed E-state index contributed by atoms with van der Waals surface area (Å²) in [7, 11) is 0. The summed E-state index contributed by atoms with van der Waals surface area (Å²) >= 11 is 12.7. The first-order valence-electron chi connectivity index (χ1n) is 12.8. The summed E-state index contributed by atoms with van der Waals surface area (Å²) in [5, 5.41) is 16.7. The normalized spacial score (nSPS) is 11.2. The van der Waals surface area contributed by atoms with Gasteiger partial charge in [-0.2, -0.15) is 0 Å². The summed E-state index contributed by atoms with van der Waals surface area (Å²) < 4.78 is 11.8. The van der Waals surface area contributed by atoms with Gasteiger partial charge in [0.15, 0.2) is 0 Å². The third kappa shape index (κ3) is 5.95. The van der Waals surface area contributed by atoms with Crippen molar-refractivity contribution in [1.82, 2.24) is 5.16 Å². The average molecular weight is 560 g/mol. The van der Waals surface area contributed by atoms with Crippen molar-refractivity contribution in [2.45, 2.75) is 39.2 Å². The third-order valence-corrected chi connectivity index (χ3v) is 7.49. The molecular weight excluding hydrogens is 533 g/mol. The Bertz CT molecular complexity index is 1610. The Balaban J connectivity index is 1.31. The van der Waals surface area contributed by atoms with Gasteiger partial charge < -0.3 is 14.4 Å². The van der Waals surface area contributed by atoms with Crippen molar-refractivity contribution in [2.75, 3.05) is 0 Å². The van der Waals surface area contributed by atoms with Crippen LogP contribution in [0, 0.1) is 0 Å². The molecule has 0 amide bonds. The number of carbonyl (C=O) groups is 1. The number of fused-ring (bicyclic) bond motifs is 1. The Morgan fingerprint density at radius 3 is 2.31 bits per heavy atom. The first-order chi connectivity index (χ1) is 18.9. The summed E-state index contributed by atoms with van der Waals surface area (Å²) in [6.45, 7) is 2.45. The molecule has 0 aliphatic carbocycles. The van der Waals surface area contributed by atoms with Crippen LogP contribution in [0.4, 0.5) is 0 Å². The topological polar surface area (TPSA) is 72.6 Å². The van der Waals surface area contributed by atoms with E-state index < -0.39 is 5.97 Å². The van der Waals surface area contributed by atoms with Gasteiger partial charge in [-0.25, -0.2) is 4.79 Å². The number of rotatable bonds is 10. The summed E-state index contributed by atoms with van der Waals surface area (Å²) in [4.78, 5) is 11.5. The molecule has 0 saturated heterocycles. The zero-order chi connectivity index (χ0) is 27.4. The predicted octanol–water partition coefficient (Wildman–Crippen LogP) is 8.82. The molecule has 0 aliphatic rings. The molecule has 0 unspecified atom stereocenters. The van der Waals surface area contributed by atoms with E-state index in [9.17, 15) is 9.90 Å². The number of halogens is 2. The van der Waals surface area contributed by atoms with Crippen LogP contribution in [0.5, 0.6) is 5.75 Å². The van der Waals surface area contributed by atoms with Crippen molar-refractivity contribution in [3.05, 3.63) is 117 Å². The van der Waals surface area contributed by atoms with Gasteiger partial charge in [0.25, 0.3) is 0 Å². The minimum atomic E-state index is -0.930. The van der Waals surface area contributed by atoms with Crippen molar-refractivity contribution in [1.29, 1.82) is 0 Å². The van der Waals surface area contributed by atoms with Crippen molar-refractivity contribution in [2.24, 2.45) is 0 Å². The fourth-order valence-corrected chi connectivity index (χ4v) is 5.32. The van der Waals surface area contributed by atoms with Gasteiger partial charge in [0.2, 0.25) is 0 Å². The summed E-state index contributed by atoms with van der Waals surface area (Å²) in [5.41, 5.74) is 5.03. The molecule has 0 spiro atoms. The number of benzene rings is 4. The number of carboxylic acids is 1. The molecule has 0 aliphatic heterocycles. The van der Waals surface area contributed by atoms with Crippen molar-refractivity contribution in [3.63, 3.8) is 0 Å². The van der Waals surface area contributed by atoms with E-state index in [1.54, 1.807) is 12.1 Å². The van der Waals surface area contributed by atoms with Crippen LogP contribution in [0.15, 0.2) is 83.4 Å². The number of nitrogens with zero attached hydrogens (tertiary/aromatic N) is 1. The quantitative estimate of drug-likeness (QED) is 0.185. The third-order valence-electron chi connectivity index (χ3n) is 6.78. The minimum absolute atomic E-state index is 0.299. The second kappa shape index (κ2) is 11.9. The lowest BCUT2D eigenvalue weighted by Gasteiger charge is -2.10. The number of aryl methyl sites for hydroxylation is 2. The van der Waals surface area contributed by atoms with Crippen molar-refractivity contribution in [3.8, 4) is 16.9 Å². The van der Waals surface area contributed by atoms with E-state index >= 15 is 0 Å². The molecule has 1 N–H and O–H groups in total. The average Bonchev–Trinajstić information content (AvgIpc) is 3.32. The van der Waals surface area contributed by atoms with E-state index in [2.05, 4.69) is 12.1 Å². The van der Waals surface area contributed by atoms with Crippen LogP contribution in [-0.4, -0.2) is 16.2 Å². The Morgan fingerprint density at radius 1 is 0.872 bits per heavy atom. The standard InChI is InChI=1S/C32H27Cl2NO4/c1-2-5-31-27(30(35-39-31)17-16-26-28(33)8-4-9-29(26)34)19-38-23-13-10-20(11-14-23)21-12-15-24-22(18-21)6-3-7-25(24)32(36)37/h3-4,6-15,18H,2,5,16-17,19H2,1H3,(H,36,37). The number of ether oxygens (including phenoxy) is 1.